The Hall–Kier alpha value is -1.89. The molecule has 5 nitrogen and oxygen atoms in total. The number of morpholine rings is 1. The molecular formula is C18H22N2O3S. The number of methoxy groups -OCH3 is 1. The zero-order valence-electron chi connectivity index (χ0n) is 13.7. The highest BCUT2D eigenvalue weighted by Gasteiger charge is 2.24. The molecule has 2 aromatic rings. The van der Waals surface area contributed by atoms with E-state index in [1.54, 1.807) is 30.6 Å². The molecule has 0 radical (unpaired) electrons. The summed E-state index contributed by atoms with van der Waals surface area (Å²) in [6.45, 7) is 3.84. The summed E-state index contributed by atoms with van der Waals surface area (Å²) in [5.74, 6) is 0.606. The van der Waals surface area contributed by atoms with Crippen LogP contribution in [0.25, 0.3) is 0 Å². The van der Waals surface area contributed by atoms with Crippen molar-refractivity contribution in [1.29, 1.82) is 0 Å². The highest BCUT2D eigenvalue weighted by atomic mass is 32.1. The summed E-state index contributed by atoms with van der Waals surface area (Å²) in [7, 11) is 1.60. The quantitative estimate of drug-likeness (QED) is 0.873. The molecule has 1 aromatic carbocycles. The predicted molar refractivity (Wildman–Crippen MR) is 94.8 cm³/mol. The van der Waals surface area contributed by atoms with Crippen LogP contribution in [0.5, 0.6) is 5.75 Å². The standard InChI is InChI=1S/C18H22N2O3S/c1-22-15-5-2-4-14(12-15)18(21)19-13-16(17-6-3-11-24-17)20-7-9-23-10-8-20/h2-6,11-12,16H,7-10,13H2,1H3,(H,19,21)/t16-/m0/s1. The number of amides is 1. The molecule has 1 atom stereocenters. The van der Waals surface area contributed by atoms with Crippen molar-refractivity contribution in [3.05, 3.63) is 52.2 Å². The van der Waals surface area contributed by atoms with E-state index in [0.29, 0.717) is 17.9 Å². The first-order valence-electron chi connectivity index (χ1n) is 8.05. The molecule has 1 amide bonds. The normalized spacial score (nSPS) is 16.5. The number of carbonyl (C=O) groups excluding carboxylic acids is 1. The molecule has 1 fully saturated rings. The number of ether oxygens (including phenoxy) is 2. The second-order valence-corrected chi connectivity index (χ2v) is 6.60. The van der Waals surface area contributed by atoms with Gasteiger partial charge in [0.2, 0.25) is 0 Å². The zero-order chi connectivity index (χ0) is 16.8. The Balaban J connectivity index is 1.67. The summed E-state index contributed by atoms with van der Waals surface area (Å²) in [6.07, 6.45) is 0. The summed E-state index contributed by atoms with van der Waals surface area (Å²) in [5, 5.41) is 5.14. The number of carbonyl (C=O) groups is 1. The number of nitrogens with one attached hydrogen (secondary N) is 1. The van der Waals surface area contributed by atoms with Gasteiger partial charge in [-0.3, -0.25) is 9.69 Å². The molecule has 1 N–H and O–H groups in total. The predicted octanol–water partition coefficient (Wildman–Crippen LogP) is 2.56. The van der Waals surface area contributed by atoms with Gasteiger partial charge in [-0.1, -0.05) is 12.1 Å². The van der Waals surface area contributed by atoms with Gasteiger partial charge in [-0.15, -0.1) is 11.3 Å². The van der Waals surface area contributed by atoms with E-state index in [0.717, 1.165) is 26.3 Å². The number of hydrogen-bond donors (Lipinski definition) is 1. The number of hydrogen-bond acceptors (Lipinski definition) is 5. The summed E-state index contributed by atoms with van der Waals surface area (Å²) in [6, 6.07) is 11.6. The third-order valence-electron chi connectivity index (χ3n) is 4.15. The molecule has 24 heavy (non-hydrogen) atoms. The van der Waals surface area contributed by atoms with E-state index in [1.165, 1.54) is 4.88 Å². The maximum Gasteiger partial charge on any atom is 0.251 e. The largest absolute Gasteiger partial charge is 0.497 e. The van der Waals surface area contributed by atoms with Crippen LogP contribution in [0, 0.1) is 0 Å². The molecule has 1 aliphatic rings. The Kier molecular flexibility index (Phi) is 5.85. The highest BCUT2D eigenvalue weighted by molar-refractivity contribution is 7.10. The van der Waals surface area contributed by atoms with Crippen molar-refractivity contribution in [2.75, 3.05) is 40.0 Å². The lowest BCUT2D eigenvalue weighted by Crippen LogP contribution is -2.43. The van der Waals surface area contributed by atoms with Crippen LogP contribution in [0.15, 0.2) is 41.8 Å². The fourth-order valence-electron chi connectivity index (χ4n) is 2.84. The van der Waals surface area contributed by atoms with Gasteiger partial charge in [0.1, 0.15) is 5.75 Å². The maximum absolute atomic E-state index is 12.5. The van der Waals surface area contributed by atoms with Gasteiger partial charge in [-0.2, -0.15) is 0 Å². The number of thiophene rings is 1. The molecule has 0 spiro atoms. The molecular weight excluding hydrogens is 324 g/mol. The van der Waals surface area contributed by atoms with E-state index in [4.69, 9.17) is 9.47 Å². The second-order valence-electron chi connectivity index (χ2n) is 5.62. The smallest absolute Gasteiger partial charge is 0.251 e. The molecule has 1 aromatic heterocycles. The maximum atomic E-state index is 12.5. The minimum Gasteiger partial charge on any atom is -0.497 e. The van der Waals surface area contributed by atoms with Crippen LogP contribution >= 0.6 is 11.3 Å². The fraction of sp³-hybridized carbons (Fsp3) is 0.389. The van der Waals surface area contributed by atoms with E-state index in [9.17, 15) is 4.79 Å². The highest BCUT2D eigenvalue weighted by Crippen LogP contribution is 2.25. The van der Waals surface area contributed by atoms with Gasteiger partial charge < -0.3 is 14.8 Å². The van der Waals surface area contributed by atoms with Crippen molar-refractivity contribution >= 4 is 17.2 Å². The first-order valence-corrected chi connectivity index (χ1v) is 8.93. The summed E-state index contributed by atoms with van der Waals surface area (Å²) in [5.41, 5.74) is 0.612. The molecule has 3 rings (SSSR count). The summed E-state index contributed by atoms with van der Waals surface area (Å²) >= 11 is 1.72. The zero-order valence-corrected chi connectivity index (χ0v) is 14.6. The molecule has 6 heteroatoms. The lowest BCUT2D eigenvalue weighted by Gasteiger charge is -2.34. The van der Waals surface area contributed by atoms with Gasteiger partial charge in [0.25, 0.3) is 5.91 Å². The van der Waals surface area contributed by atoms with Crippen LogP contribution in [0.1, 0.15) is 21.3 Å². The third kappa shape index (κ3) is 4.14. The Bertz CT molecular complexity index is 654. The molecule has 0 unspecified atom stereocenters. The van der Waals surface area contributed by atoms with Gasteiger partial charge in [-0.05, 0) is 29.6 Å². The number of rotatable bonds is 6. The van der Waals surface area contributed by atoms with Crippen LogP contribution in [-0.4, -0.2) is 50.8 Å². The van der Waals surface area contributed by atoms with Crippen molar-refractivity contribution < 1.29 is 14.3 Å². The topological polar surface area (TPSA) is 50.8 Å². The number of benzene rings is 1. The van der Waals surface area contributed by atoms with Gasteiger partial charge in [0.05, 0.1) is 26.4 Å². The Labute approximate surface area is 146 Å². The van der Waals surface area contributed by atoms with Crippen LogP contribution in [0.3, 0.4) is 0 Å². The van der Waals surface area contributed by atoms with Crippen molar-refractivity contribution in [1.82, 2.24) is 10.2 Å². The Morgan fingerprint density at radius 2 is 2.17 bits per heavy atom. The third-order valence-corrected chi connectivity index (χ3v) is 5.12. The van der Waals surface area contributed by atoms with Crippen LogP contribution < -0.4 is 10.1 Å². The lowest BCUT2D eigenvalue weighted by atomic mass is 10.1. The Morgan fingerprint density at radius 3 is 2.88 bits per heavy atom. The molecule has 128 valence electrons. The molecule has 0 bridgehead atoms. The molecule has 2 heterocycles. The summed E-state index contributed by atoms with van der Waals surface area (Å²) in [4.78, 5) is 16.1. The SMILES string of the molecule is COc1cccc(C(=O)NC[C@@H](c2cccs2)N2CCOCC2)c1. The van der Waals surface area contributed by atoms with E-state index < -0.39 is 0 Å². The molecule has 0 aliphatic carbocycles. The monoisotopic (exact) mass is 346 g/mol. The fourth-order valence-corrected chi connectivity index (χ4v) is 3.70. The molecule has 0 saturated carbocycles. The van der Waals surface area contributed by atoms with E-state index in [2.05, 4.69) is 27.7 Å². The van der Waals surface area contributed by atoms with Gasteiger partial charge in [-0.25, -0.2) is 0 Å². The molecule has 1 aliphatic heterocycles. The number of nitrogens with zero attached hydrogens (tertiary/aromatic N) is 1. The van der Waals surface area contributed by atoms with Gasteiger partial charge in [0.15, 0.2) is 0 Å². The molecule has 1 saturated heterocycles. The summed E-state index contributed by atoms with van der Waals surface area (Å²) < 4.78 is 10.6. The first kappa shape index (κ1) is 17.0. The van der Waals surface area contributed by atoms with Crippen molar-refractivity contribution in [3.63, 3.8) is 0 Å². The Morgan fingerprint density at radius 1 is 1.33 bits per heavy atom. The van der Waals surface area contributed by atoms with Crippen LogP contribution in [-0.2, 0) is 4.74 Å². The van der Waals surface area contributed by atoms with Crippen LogP contribution in [0.4, 0.5) is 0 Å². The van der Waals surface area contributed by atoms with E-state index in [1.807, 2.05) is 12.1 Å². The average Bonchev–Trinajstić information content (AvgIpc) is 3.17. The van der Waals surface area contributed by atoms with Gasteiger partial charge >= 0.3 is 0 Å². The second kappa shape index (κ2) is 8.28. The van der Waals surface area contributed by atoms with Crippen molar-refractivity contribution in [2.24, 2.45) is 0 Å². The van der Waals surface area contributed by atoms with E-state index in [-0.39, 0.29) is 11.9 Å². The lowest BCUT2D eigenvalue weighted by molar-refractivity contribution is 0.0169. The van der Waals surface area contributed by atoms with E-state index >= 15 is 0 Å². The van der Waals surface area contributed by atoms with Crippen molar-refractivity contribution in [3.8, 4) is 5.75 Å². The average molecular weight is 346 g/mol. The van der Waals surface area contributed by atoms with Crippen LogP contribution in [0.2, 0.25) is 0 Å². The minimum absolute atomic E-state index is 0.0799. The van der Waals surface area contributed by atoms with Crippen molar-refractivity contribution in [2.45, 2.75) is 6.04 Å². The van der Waals surface area contributed by atoms with Gasteiger partial charge in [0, 0.05) is 30.1 Å². The minimum atomic E-state index is -0.0799. The first-order chi connectivity index (χ1) is 11.8.